The summed E-state index contributed by atoms with van der Waals surface area (Å²) in [4.78, 5) is 2.20. The van der Waals surface area contributed by atoms with Gasteiger partial charge in [0.1, 0.15) is 12.4 Å². The second-order valence-electron chi connectivity index (χ2n) is 3.74. The average Bonchev–Trinajstić information content (AvgIpc) is 2.29. The SMILES string of the molecule is CN1c2ccccc2OCC1CCC#N. The topological polar surface area (TPSA) is 36.3 Å². The first-order valence-corrected chi connectivity index (χ1v) is 5.14. The number of para-hydroxylation sites is 2. The Balaban J connectivity index is 2.15. The molecule has 1 atom stereocenters. The van der Waals surface area contributed by atoms with Crippen LogP contribution in [0.4, 0.5) is 5.69 Å². The van der Waals surface area contributed by atoms with Crippen LogP contribution in [0.15, 0.2) is 24.3 Å². The molecule has 0 radical (unpaired) electrons. The Morgan fingerprint density at radius 1 is 1.53 bits per heavy atom. The highest BCUT2D eigenvalue weighted by molar-refractivity contribution is 5.59. The first-order chi connectivity index (χ1) is 7.33. The van der Waals surface area contributed by atoms with Crippen LogP contribution in [-0.4, -0.2) is 19.7 Å². The number of benzene rings is 1. The van der Waals surface area contributed by atoms with Gasteiger partial charge in [-0.05, 0) is 18.6 Å². The molecule has 0 spiro atoms. The molecule has 3 heteroatoms. The Kier molecular flexibility index (Phi) is 2.77. The minimum Gasteiger partial charge on any atom is -0.489 e. The number of hydrogen-bond donors (Lipinski definition) is 0. The Morgan fingerprint density at radius 3 is 3.13 bits per heavy atom. The summed E-state index contributed by atoms with van der Waals surface area (Å²) in [6, 6.07) is 10.5. The zero-order valence-corrected chi connectivity index (χ0v) is 8.81. The van der Waals surface area contributed by atoms with Crippen molar-refractivity contribution in [2.45, 2.75) is 18.9 Å². The summed E-state index contributed by atoms with van der Waals surface area (Å²) in [6.45, 7) is 0.676. The fourth-order valence-electron chi connectivity index (χ4n) is 1.87. The van der Waals surface area contributed by atoms with Crippen LogP contribution in [0.5, 0.6) is 5.75 Å². The molecule has 0 aromatic heterocycles. The minimum atomic E-state index is 0.319. The molecule has 0 fully saturated rings. The van der Waals surface area contributed by atoms with Crippen LogP contribution in [0.25, 0.3) is 0 Å². The van der Waals surface area contributed by atoms with Crippen molar-refractivity contribution in [3.05, 3.63) is 24.3 Å². The van der Waals surface area contributed by atoms with Gasteiger partial charge in [-0.1, -0.05) is 12.1 Å². The molecule has 0 saturated heterocycles. The third-order valence-corrected chi connectivity index (χ3v) is 2.81. The van der Waals surface area contributed by atoms with Crippen molar-refractivity contribution >= 4 is 5.69 Å². The summed E-state index contributed by atoms with van der Waals surface area (Å²) in [7, 11) is 2.06. The lowest BCUT2D eigenvalue weighted by Crippen LogP contribution is -2.40. The molecule has 0 aliphatic carbocycles. The number of nitrogens with zero attached hydrogens (tertiary/aromatic N) is 2. The van der Waals surface area contributed by atoms with Crippen LogP contribution in [0.1, 0.15) is 12.8 Å². The first kappa shape index (κ1) is 9.85. The van der Waals surface area contributed by atoms with Crippen LogP contribution in [0.3, 0.4) is 0 Å². The van der Waals surface area contributed by atoms with E-state index in [4.69, 9.17) is 10.00 Å². The van der Waals surface area contributed by atoms with Gasteiger partial charge in [0.25, 0.3) is 0 Å². The number of rotatable bonds is 2. The minimum absolute atomic E-state index is 0.319. The smallest absolute Gasteiger partial charge is 0.142 e. The van der Waals surface area contributed by atoms with Gasteiger partial charge in [0, 0.05) is 13.5 Å². The number of ether oxygens (including phenoxy) is 1. The zero-order chi connectivity index (χ0) is 10.7. The monoisotopic (exact) mass is 202 g/mol. The molecule has 2 rings (SSSR count). The standard InChI is InChI=1S/C12H14N2O/c1-14-10(5-4-8-13)9-15-12-7-3-2-6-11(12)14/h2-3,6-7,10H,4-5,9H2,1H3. The quantitative estimate of drug-likeness (QED) is 0.737. The van der Waals surface area contributed by atoms with E-state index in [0.29, 0.717) is 19.1 Å². The third kappa shape index (κ3) is 1.89. The van der Waals surface area contributed by atoms with E-state index in [2.05, 4.69) is 18.0 Å². The van der Waals surface area contributed by atoms with Crippen molar-refractivity contribution < 1.29 is 4.74 Å². The second kappa shape index (κ2) is 4.22. The molecule has 0 bridgehead atoms. The summed E-state index contributed by atoms with van der Waals surface area (Å²) in [5, 5.41) is 8.57. The predicted molar refractivity (Wildman–Crippen MR) is 59.0 cm³/mol. The van der Waals surface area contributed by atoms with Crippen molar-refractivity contribution in [1.82, 2.24) is 0 Å². The van der Waals surface area contributed by atoms with E-state index in [9.17, 15) is 0 Å². The maximum Gasteiger partial charge on any atom is 0.142 e. The fourth-order valence-corrected chi connectivity index (χ4v) is 1.87. The van der Waals surface area contributed by atoms with Gasteiger partial charge in [0.05, 0.1) is 17.8 Å². The Labute approximate surface area is 89.9 Å². The fraction of sp³-hybridized carbons (Fsp3) is 0.417. The summed E-state index contributed by atoms with van der Waals surface area (Å²) in [5.74, 6) is 0.938. The van der Waals surface area contributed by atoms with E-state index in [1.54, 1.807) is 0 Å². The molecule has 1 unspecified atom stereocenters. The molecule has 3 nitrogen and oxygen atoms in total. The molecule has 0 amide bonds. The zero-order valence-electron chi connectivity index (χ0n) is 8.81. The molecule has 1 heterocycles. The maximum absolute atomic E-state index is 8.57. The van der Waals surface area contributed by atoms with Gasteiger partial charge in [-0.25, -0.2) is 0 Å². The van der Waals surface area contributed by atoms with Gasteiger partial charge in [0.2, 0.25) is 0 Å². The van der Waals surface area contributed by atoms with Gasteiger partial charge in [-0.15, -0.1) is 0 Å². The van der Waals surface area contributed by atoms with Crippen molar-refractivity contribution in [2.75, 3.05) is 18.6 Å². The average molecular weight is 202 g/mol. The number of likely N-dealkylation sites (N-methyl/N-ethyl adjacent to an activating group) is 1. The summed E-state index contributed by atoms with van der Waals surface area (Å²) >= 11 is 0. The van der Waals surface area contributed by atoms with E-state index in [1.165, 1.54) is 0 Å². The lowest BCUT2D eigenvalue weighted by atomic mass is 10.1. The highest BCUT2D eigenvalue weighted by Gasteiger charge is 2.23. The maximum atomic E-state index is 8.57. The van der Waals surface area contributed by atoms with Crippen molar-refractivity contribution in [1.29, 1.82) is 5.26 Å². The molecular formula is C12H14N2O. The number of hydrogen-bond acceptors (Lipinski definition) is 3. The van der Waals surface area contributed by atoms with E-state index in [0.717, 1.165) is 17.9 Å². The van der Waals surface area contributed by atoms with Gasteiger partial charge < -0.3 is 9.64 Å². The van der Waals surface area contributed by atoms with Gasteiger partial charge in [-0.2, -0.15) is 5.26 Å². The molecular weight excluding hydrogens is 188 g/mol. The summed E-state index contributed by atoms with van der Waals surface area (Å²) in [5.41, 5.74) is 1.12. The molecule has 15 heavy (non-hydrogen) atoms. The van der Waals surface area contributed by atoms with Crippen molar-refractivity contribution in [2.24, 2.45) is 0 Å². The Hall–Kier alpha value is -1.69. The molecule has 1 aromatic rings. The number of fused-ring (bicyclic) bond motifs is 1. The summed E-state index contributed by atoms with van der Waals surface area (Å²) in [6.07, 6.45) is 1.45. The van der Waals surface area contributed by atoms with Crippen molar-refractivity contribution in [3.63, 3.8) is 0 Å². The van der Waals surface area contributed by atoms with Crippen LogP contribution >= 0.6 is 0 Å². The first-order valence-electron chi connectivity index (χ1n) is 5.14. The largest absolute Gasteiger partial charge is 0.489 e. The Morgan fingerprint density at radius 2 is 2.33 bits per heavy atom. The van der Waals surface area contributed by atoms with E-state index in [-0.39, 0.29) is 0 Å². The Bertz CT molecular complexity index is 383. The molecule has 0 N–H and O–H groups in total. The highest BCUT2D eigenvalue weighted by atomic mass is 16.5. The highest BCUT2D eigenvalue weighted by Crippen LogP contribution is 2.33. The normalized spacial score (nSPS) is 18.9. The molecule has 1 aliphatic heterocycles. The predicted octanol–water partition coefficient (Wildman–Crippen LogP) is 2.19. The molecule has 78 valence electrons. The third-order valence-electron chi connectivity index (χ3n) is 2.81. The lowest BCUT2D eigenvalue weighted by molar-refractivity contribution is 0.261. The number of anilines is 1. The van der Waals surface area contributed by atoms with Crippen LogP contribution in [-0.2, 0) is 0 Å². The van der Waals surface area contributed by atoms with E-state index < -0.39 is 0 Å². The summed E-state index contributed by atoms with van der Waals surface area (Å²) < 4.78 is 5.65. The van der Waals surface area contributed by atoms with Crippen molar-refractivity contribution in [3.8, 4) is 11.8 Å². The van der Waals surface area contributed by atoms with E-state index in [1.807, 2.05) is 24.3 Å². The van der Waals surface area contributed by atoms with Crippen LogP contribution in [0, 0.1) is 11.3 Å². The van der Waals surface area contributed by atoms with Crippen LogP contribution < -0.4 is 9.64 Å². The number of nitriles is 1. The van der Waals surface area contributed by atoms with Crippen LogP contribution in [0.2, 0.25) is 0 Å². The molecule has 1 aromatic carbocycles. The van der Waals surface area contributed by atoms with Gasteiger partial charge >= 0.3 is 0 Å². The van der Waals surface area contributed by atoms with Gasteiger partial charge in [0.15, 0.2) is 0 Å². The lowest BCUT2D eigenvalue weighted by Gasteiger charge is -2.35. The molecule has 0 saturated carbocycles. The van der Waals surface area contributed by atoms with Gasteiger partial charge in [-0.3, -0.25) is 0 Å². The van der Waals surface area contributed by atoms with E-state index >= 15 is 0 Å². The molecule has 1 aliphatic rings. The second-order valence-corrected chi connectivity index (χ2v) is 3.74.